The van der Waals surface area contributed by atoms with Gasteiger partial charge in [0.2, 0.25) is 0 Å². The van der Waals surface area contributed by atoms with Gasteiger partial charge in [0.1, 0.15) is 6.67 Å². The zero-order valence-electron chi connectivity index (χ0n) is 8.18. The first-order valence-corrected chi connectivity index (χ1v) is 5.54. The predicted octanol–water partition coefficient (Wildman–Crippen LogP) is 3.18. The average Bonchev–Trinajstić information content (AvgIpc) is 2.21. The van der Waals surface area contributed by atoms with Crippen molar-refractivity contribution in [2.45, 2.75) is 13.8 Å². The number of hydrogen-bond acceptors (Lipinski definition) is 4. The lowest BCUT2D eigenvalue weighted by atomic mass is 10.8. The van der Waals surface area contributed by atoms with Crippen LogP contribution in [0.3, 0.4) is 0 Å². The second-order valence-corrected chi connectivity index (χ2v) is 3.69. The molecule has 0 saturated heterocycles. The van der Waals surface area contributed by atoms with Crippen molar-refractivity contribution < 1.29 is 22.5 Å². The van der Waals surface area contributed by atoms with Gasteiger partial charge in [-0.05, 0) is 13.8 Å². The summed E-state index contributed by atoms with van der Waals surface area (Å²) in [5, 5.41) is 0. The van der Waals surface area contributed by atoms with Crippen molar-refractivity contribution >= 4 is 7.82 Å². The van der Waals surface area contributed by atoms with E-state index in [1.165, 1.54) is 24.7 Å². The molecule has 0 fully saturated rings. The first-order valence-electron chi connectivity index (χ1n) is 4.08. The van der Waals surface area contributed by atoms with Gasteiger partial charge in [0.25, 0.3) is 0 Å². The van der Waals surface area contributed by atoms with E-state index in [0.29, 0.717) is 0 Å². The van der Waals surface area contributed by atoms with Crippen molar-refractivity contribution in [3.8, 4) is 0 Å². The van der Waals surface area contributed by atoms with Crippen LogP contribution in [0.5, 0.6) is 0 Å². The molecule has 0 saturated carbocycles. The summed E-state index contributed by atoms with van der Waals surface area (Å²) < 4.78 is 37.3. The van der Waals surface area contributed by atoms with Crippen LogP contribution < -0.4 is 0 Å². The quantitative estimate of drug-likeness (QED) is 0.492. The summed E-state index contributed by atoms with van der Waals surface area (Å²) in [6.45, 7) is 2.28. The number of hydrogen-bond donors (Lipinski definition) is 0. The van der Waals surface area contributed by atoms with E-state index >= 15 is 0 Å². The van der Waals surface area contributed by atoms with Gasteiger partial charge in [-0.25, -0.2) is 8.96 Å². The second-order valence-electron chi connectivity index (χ2n) is 2.12. The maximum atomic E-state index is 11.8. The molecule has 0 aliphatic carbocycles. The van der Waals surface area contributed by atoms with E-state index in [-0.39, 0.29) is 6.61 Å². The van der Waals surface area contributed by atoms with Crippen LogP contribution in [0, 0.1) is 0 Å². The molecule has 0 aromatic heterocycles. The number of rotatable bonds is 7. The molecule has 0 aromatic carbocycles. The minimum atomic E-state index is -3.68. The molecule has 0 N–H and O–H groups in total. The molecule has 0 aromatic rings. The molecule has 0 aliphatic rings. The van der Waals surface area contributed by atoms with Crippen LogP contribution in [0.1, 0.15) is 13.8 Å². The molecule has 82 valence electrons. The Kier molecular flexibility index (Phi) is 7.16. The molecule has 0 aliphatic heterocycles. The molecule has 6 heteroatoms. The third-order valence-electron chi connectivity index (χ3n) is 0.979. The second kappa shape index (κ2) is 7.59. The van der Waals surface area contributed by atoms with Crippen molar-refractivity contribution in [3.63, 3.8) is 0 Å². The highest BCUT2D eigenvalue weighted by Crippen LogP contribution is 2.49. The lowest BCUT2D eigenvalue weighted by Gasteiger charge is -2.13. The Labute approximate surface area is 83.0 Å². The van der Waals surface area contributed by atoms with Gasteiger partial charge in [0.05, 0.1) is 19.1 Å². The third-order valence-corrected chi connectivity index (χ3v) is 2.24. The molecular formula is C8H14FO4P. The molecule has 0 amide bonds. The zero-order chi connectivity index (χ0) is 10.9. The minimum absolute atomic E-state index is 0.327. The fraction of sp³-hybridized carbons (Fsp3) is 0.500. The number of alkyl halides is 1. The van der Waals surface area contributed by atoms with Crippen LogP contribution in [0.2, 0.25) is 0 Å². The molecule has 14 heavy (non-hydrogen) atoms. The van der Waals surface area contributed by atoms with E-state index in [1.54, 1.807) is 13.8 Å². The fourth-order valence-electron chi connectivity index (χ4n) is 0.503. The summed E-state index contributed by atoms with van der Waals surface area (Å²) in [7, 11) is -3.68. The number of phosphoric acid groups is 1. The summed E-state index contributed by atoms with van der Waals surface area (Å²) in [6.07, 6.45) is 5.37. The van der Waals surface area contributed by atoms with Crippen LogP contribution in [0.4, 0.5) is 4.39 Å². The fourth-order valence-corrected chi connectivity index (χ4v) is 1.51. The van der Waals surface area contributed by atoms with Gasteiger partial charge in [0.15, 0.2) is 0 Å². The van der Waals surface area contributed by atoms with Crippen molar-refractivity contribution in [2.24, 2.45) is 0 Å². The Balaban J connectivity index is 4.24. The Bertz CT molecular complexity index is 221. The minimum Gasteiger partial charge on any atom is -0.403 e. The van der Waals surface area contributed by atoms with Crippen molar-refractivity contribution in [1.82, 2.24) is 0 Å². The highest BCUT2D eigenvalue weighted by Gasteiger charge is 2.26. The van der Waals surface area contributed by atoms with E-state index in [0.717, 1.165) is 0 Å². The van der Waals surface area contributed by atoms with E-state index < -0.39 is 14.5 Å². The Morgan fingerprint density at radius 3 is 2.07 bits per heavy atom. The molecule has 4 nitrogen and oxygen atoms in total. The highest BCUT2D eigenvalue weighted by atomic mass is 31.2. The number of phosphoric ester groups is 1. The van der Waals surface area contributed by atoms with Crippen LogP contribution in [-0.2, 0) is 18.1 Å². The van der Waals surface area contributed by atoms with Crippen LogP contribution >= 0.6 is 7.82 Å². The van der Waals surface area contributed by atoms with Gasteiger partial charge in [-0.2, -0.15) is 0 Å². The normalized spacial score (nSPS) is 15.9. The Morgan fingerprint density at radius 2 is 1.71 bits per heavy atom. The average molecular weight is 224 g/mol. The maximum Gasteiger partial charge on any atom is 0.586 e. The van der Waals surface area contributed by atoms with Gasteiger partial charge < -0.3 is 9.05 Å². The topological polar surface area (TPSA) is 44.8 Å². The summed E-state index contributed by atoms with van der Waals surface area (Å²) in [6, 6.07) is 0. The zero-order valence-corrected chi connectivity index (χ0v) is 9.08. The van der Waals surface area contributed by atoms with Gasteiger partial charge in [-0.3, -0.25) is 4.52 Å². The molecule has 0 rings (SSSR count). The monoisotopic (exact) mass is 224 g/mol. The molecule has 0 spiro atoms. The van der Waals surface area contributed by atoms with E-state index in [4.69, 9.17) is 9.05 Å². The molecule has 0 unspecified atom stereocenters. The Morgan fingerprint density at radius 1 is 1.21 bits per heavy atom. The Hall–Kier alpha value is -0.800. The third kappa shape index (κ3) is 5.78. The van der Waals surface area contributed by atoms with Crippen LogP contribution in [0.25, 0.3) is 0 Å². The molecule has 0 radical (unpaired) electrons. The lowest BCUT2D eigenvalue weighted by molar-refractivity contribution is 0.167. The molecular weight excluding hydrogens is 210 g/mol. The van der Waals surface area contributed by atoms with Gasteiger partial charge in [-0.1, -0.05) is 12.2 Å². The molecule has 0 heterocycles. The number of allylic oxidation sites excluding steroid dienone is 2. The maximum absolute atomic E-state index is 11.8. The van der Waals surface area contributed by atoms with Gasteiger partial charge in [0, 0.05) is 0 Å². The van der Waals surface area contributed by atoms with Crippen molar-refractivity contribution in [1.29, 1.82) is 0 Å². The summed E-state index contributed by atoms with van der Waals surface area (Å²) in [4.78, 5) is 0. The summed E-state index contributed by atoms with van der Waals surface area (Å²) in [5.41, 5.74) is 0. The van der Waals surface area contributed by atoms with Gasteiger partial charge >= 0.3 is 7.82 Å². The van der Waals surface area contributed by atoms with Crippen LogP contribution in [0.15, 0.2) is 24.7 Å². The molecule has 0 bridgehead atoms. The summed E-state index contributed by atoms with van der Waals surface area (Å²) >= 11 is 0. The largest absolute Gasteiger partial charge is 0.586 e. The van der Waals surface area contributed by atoms with E-state index in [2.05, 4.69) is 4.52 Å². The highest BCUT2D eigenvalue weighted by molar-refractivity contribution is 7.48. The van der Waals surface area contributed by atoms with E-state index in [1.807, 2.05) is 0 Å². The van der Waals surface area contributed by atoms with Crippen molar-refractivity contribution in [3.05, 3.63) is 24.7 Å². The van der Waals surface area contributed by atoms with Crippen LogP contribution in [-0.4, -0.2) is 13.3 Å². The molecule has 0 atom stereocenters. The first-order chi connectivity index (χ1) is 6.68. The van der Waals surface area contributed by atoms with Gasteiger partial charge in [-0.15, -0.1) is 0 Å². The SMILES string of the molecule is CC=COP(=O)(OC=CC)OCCF. The predicted molar refractivity (Wildman–Crippen MR) is 51.3 cm³/mol. The number of halogens is 1. The smallest absolute Gasteiger partial charge is 0.403 e. The first kappa shape index (κ1) is 13.2. The lowest BCUT2D eigenvalue weighted by Crippen LogP contribution is -1.97. The summed E-state index contributed by atoms with van der Waals surface area (Å²) in [5.74, 6) is 0. The standard InChI is InChI=1S/C8H14FO4P/c1-3-6-11-14(10,12-7-4-2)13-8-5-9/h3-4,6-7H,5,8H2,1-2H3. The van der Waals surface area contributed by atoms with Crippen molar-refractivity contribution in [2.75, 3.05) is 13.3 Å². The van der Waals surface area contributed by atoms with E-state index in [9.17, 15) is 8.96 Å².